The van der Waals surface area contributed by atoms with Crippen LogP contribution in [-0.4, -0.2) is 32.5 Å². The molecule has 0 bridgehead atoms. The van der Waals surface area contributed by atoms with E-state index >= 15 is 0 Å². The van der Waals surface area contributed by atoms with E-state index in [0.29, 0.717) is 5.69 Å². The van der Waals surface area contributed by atoms with Crippen LogP contribution in [0.15, 0.2) is 54.6 Å². The van der Waals surface area contributed by atoms with Crippen molar-refractivity contribution in [1.82, 2.24) is 0 Å². The normalized spacial score (nSPS) is 15.6. The number of anilines is 2. The summed E-state index contributed by atoms with van der Waals surface area (Å²) in [5, 5.41) is 2.47. The average molecular weight is 414 g/mol. The van der Waals surface area contributed by atoms with E-state index in [2.05, 4.69) is 10.1 Å². The highest BCUT2D eigenvalue weighted by Crippen LogP contribution is 2.46. The van der Waals surface area contributed by atoms with Crippen molar-refractivity contribution in [2.45, 2.75) is 24.0 Å². The molecule has 1 N–H and O–H groups in total. The van der Waals surface area contributed by atoms with E-state index in [4.69, 9.17) is 0 Å². The van der Waals surface area contributed by atoms with Crippen LogP contribution in [0.4, 0.5) is 24.5 Å². The fourth-order valence-corrected chi connectivity index (χ4v) is 4.57. The Hall–Kier alpha value is -2.75. The Morgan fingerprint density at radius 3 is 2.14 bits per heavy atom. The summed E-state index contributed by atoms with van der Waals surface area (Å²) in [5.74, 6) is -1.16. The van der Waals surface area contributed by atoms with Crippen LogP contribution in [0.25, 0.3) is 0 Å². The lowest BCUT2D eigenvalue weighted by atomic mass is 10.3. The van der Waals surface area contributed by atoms with Gasteiger partial charge in [0.25, 0.3) is 0 Å². The Morgan fingerprint density at radius 1 is 1.07 bits per heavy atom. The third-order valence-corrected chi connectivity index (χ3v) is 6.95. The van der Waals surface area contributed by atoms with Gasteiger partial charge in [0.05, 0.1) is 5.69 Å². The molecule has 2 aromatic rings. The van der Waals surface area contributed by atoms with Gasteiger partial charge in [0, 0.05) is 12.7 Å². The van der Waals surface area contributed by atoms with Crippen molar-refractivity contribution < 1.29 is 31.1 Å². The summed E-state index contributed by atoms with van der Waals surface area (Å²) in [6.45, 7) is 0. The SMILES string of the molecule is CN(c1ccccc1)S(=O)(=O)C1(C(=O)Nc2ccc(OC(F)(F)F)cc2)CC1. The van der Waals surface area contributed by atoms with Crippen molar-refractivity contribution in [2.24, 2.45) is 0 Å². The second kappa shape index (κ2) is 7.01. The first-order chi connectivity index (χ1) is 13.1. The minimum absolute atomic E-state index is 0.160. The molecular weight excluding hydrogens is 397 g/mol. The number of halogens is 3. The highest BCUT2D eigenvalue weighted by Gasteiger charge is 2.62. The number of alkyl halides is 3. The third kappa shape index (κ3) is 3.91. The van der Waals surface area contributed by atoms with Gasteiger partial charge >= 0.3 is 6.36 Å². The maximum absolute atomic E-state index is 13.0. The van der Waals surface area contributed by atoms with Gasteiger partial charge in [0.1, 0.15) is 5.75 Å². The second-order valence-corrected chi connectivity index (χ2v) is 8.61. The van der Waals surface area contributed by atoms with Gasteiger partial charge in [-0.15, -0.1) is 13.2 Å². The standard InChI is InChI=1S/C18H17F3N2O4S/c1-23(14-5-3-2-4-6-14)28(25,26)17(11-12-17)16(24)22-13-7-9-15(10-8-13)27-18(19,20)21/h2-10H,11-12H2,1H3,(H,22,24). The molecule has 0 atom stereocenters. The van der Waals surface area contributed by atoms with E-state index < -0.39 is 32.8 Å². The number of amides is 1. The Bertz CT molecular complexity index is 957. The predicted molar refractivity (Wildman–Crippen MR) is 97.5 cm³/mol. The lowest BCUT2D eigenvalue weighted by molar-refractivity contribution is -0.274. The molecule has 0 unspecified atom stereocenters. The van der Waals surface area contributed by atoms with Crippen LogP contribution in [0.2, 0.25) is 0 Å². The Labute approximate surface area is 160 Å². The van der Waals surface area contributed by atoms with Crippen LogP contribution in [0.5, 0.6) is 5.75 Å². The molecule has 1 fully saturated rings. The maximum atomic E-state index is 13.0. The van der Waals surface area contributed by atoms with E-state index in [1.54, 1.807) is 30.3 Å². The molecule has 0 saturated heterocycles. The number of carbonyl (C=O) groups is 1. The number of carbonyl (C=O) groups excluding carboxylic acids is 1. The number of sulfonamides is 1. The van der Waals surface area contributed by atoms with Gasteiger partial charge in [-0.25, -0.2) is 8.42 Å². The van der Waals surface area contributed by atoms with Crippen LogP contribution in [0.1, 0.15) is 12.8 Å². The quantitative estimate of drug-likeness (QED) is 0.785. The van der Waals surface area contributed by atoms with Crippen molar-refractivity contribution in [2.75, 3.05) is 16.7 Å². The average Bonchev–Trinajstić information content (AvgIpc) is 3.45. The van der Waals surface area contributed by atoms with Crippen molar-refractivity contribution in [3.8, 4) is 5.75 Å². The van der Waals surface area contributed by atoms with Gasteiger partial charge in [-0.05, 0) is 49.2 Å². The Kier molecular flexibility index (Phi) is 5.00. The molecule has 0 aliphatic heterocycles. The van der Waals surface area contributed by atoms with Gasteiger partial charge in [-0.2, -0.15) is 0 Å². The summed E-state index contributed by atoms with van der Waals surface area (Å²) >= 11 is 0. The van der Waals surface area contributed by atoms with Crippen LogP contribution in [0.3, 0.4) is 0 Å². The van der Waals surface area contributed by atoms with Gasteiger partial charge in [0.2, 0.25) is 15.9 Å². The molecule has 0 spiro atoms. The van der Waals surface area contributed by atoms with Gasteiger partial charge in [0.15, 0.2) is 4.75 Å². The fraction of sp³-hybridized carbons (Fsp3) is 0.278. The Morgan fingerprint density at radius 2 is 1.64 bits per heavy atom. The molecule has 1 saturated carbocycles. The molecule has 2 aromatic carbocycles. The smallest absolute Gasteiger partial charge is 0.406 e. The first-order valence-corrected chi connectivity index (χ1v) is 9.70. The van der Waals surface area contributed by atoms with Gasteiger partial charge in [-0.3, -0.25) is 9.10 Å². The molecule has 10 heteroatoms. The lowest BCUT2D eigenvalue weighted by Gasteiger charge is -2.25. The van der Waals surface area contributed by atoms with Crippen LogP contribution >= 0.6 is 0 Å². The summed E-state index contributed by atoms with van der Waals surface area (Å²) in [7, 11) is -2.61. The topological polar surface area (TPSA) is 75.7 Å². The van der Waals surface area contributed by atoms with E-state index in [-0.39, 0.29) is 18.5 Å². The molecule has 6 nitrogen and oxygen atoms in total. The number of para-hydroxylation sites is 1. The minimum atomic E-state index is -4.82. The Balaban J connectivity index is 1.75. The van der Waals surface area contributed by atoms with Crippen LogP contribution in [-0.2, 0) is 14.8 Å². The van der Waals surface area contributed by atoms with E-state index in [1.807, 2.05) is 0 Å². The molecule has 1 aliphatic carbocycles. The number of rotatable bonds is 6. The number of benzene rings is 2. The zero-order valence-corrected chi connectivity index (χ0v) is 15.5. The molecule has 1 amide bonds. The third-order valence-electron chi connectivity index (χ3n) is 4.44. The van der Waals surface area contributed by atoms with E-state index in [1.165, 1.54) is 19.2 Å². The van der Waals surface area contributed by atoms with Gasteiger partial charge in [-0.1, -0.05) is 18.2 Å². The minimum Gasteiger partial charge on any atom is -0.406 e. The molecule has 28 heavy (non-hydrogen) atoms. The number of nitrogens with zero attached hydrogens (tertiary/aromatic N) is 1. The van der Waals surface area contributed by atoms with Crippen molar-refractivity contribution in [3.63, 3.8) is 0 Å². The monoisotopic (exact) mass is 414 g/mol. The van der Waals surface area contributed by atoms with Crippen molar-refractivity contribution in [1.29, 1.82) is 0 Å². The van der Waals surface area contributed by atoms with E-state index in [0.717, 1.165) is 16.4 Å². The predicted octanol–water partition coefficient (Wildman–Crippen LogP) is 3.52. The summed E-state index contributed by atoms with van der Waals surface area (Å²) in [6, 6.07) is 12.8. The highest BCUT2D eigenvalue weighted by molar-refractivity contribution is 7.95. The van der Waals surface area contributed by atoms with Crippen molar-refractivity contribution >= 4 is 27.3 Å². The van der Waals surface area contributed by atoms with Crippen LogP contribution in [0, 0.1) is 0 Å². The number of hydrogen-bond acceptors (Lipinski definition) is 4. The molecule has 1 aliphatic rings. The largest absolute Gasteiger partial charge is 0.573 e. The highest BCUT2D eigenvalue weighted by atomic mass is 32.2. The summed E-state index contributed by atoms with van der Waals surface area (Å²) < 4.78 is 65.8. The number of hydrogen-bond donors (Lipinski definition) is 1. The zero-order valence-electron chi connectivity index (χ0n) is 14.7. The lowest BCUT2D eigenvalue weighted by Crippen LogP contribution is -2.45. The summed E-state index contributed by atoms with van der Waals surface area (Å²) in [6.07, 6.45) is -4.50. The van der Waals surface area contributed by atoms with Crippen LogP contribution < -0.4 is 14.4 Å². The second-order valence-electron chi connectivity index (χ2n) is 6.33. The molecule has 0 heterocycles. The summed E-state index contributed by atoms with van der Waals surface area (Å²) in [5.41, 5.74) is 0.596. The number of ether oxygens (including phenoxy) is 1. The first kappa shape index (κ1) is 20.0. The molecule has 0 radical (unpaired) electrons. The van der Waals surface area contributed by atoms with E-state index in [9.17, 15) is 26.4 Å². The number of nitrogens with one attached hydrogen (secondary N) is 1. The molecular formula is C18H17F3N2O4S. The summed E-state index contributed by atoms with van der Waals surface area (Å²) in [4.78, 5) is 12.7. The zero-order chi connectivity index (χ0) is 20.6. The molecule has 3 rings (SSSR count). The molecule has 150 valence electrons. The maximum Gasteiger partial charge on any atom is 0.573 e. The van der Waals surface area contributed by atoms with Crippen molar-refractivity contribution in [3.05, 3.63) is 54.6 Å². The van der Waals surface area contributed by atoms with Gasteiger partial charge < -0.3 is 10.1 Å². The molecule has 0 aromatic heterocycles. The fourth-order valence-electron chi connectivity index (χ4n) is 2.74. The first-order valence-electron chi connectivity index (χ1n) is 8.26.